The summed E-state index contributed by atoms with van der Waals surface area (Å²) in [5.41, 5.74) is 2.53. The maximum Gasteiger partial charge on any atom is 0.131 e. The van der Waals surface area contributed by atoms with E-state index in [-0.39, 0.29) is 0 Å². The quantitative estimate of drug-likeness (QED) is 0.619. The van der Waals surface area contributed by atoms with Gasteiger partial charge in [-0.25, -0.2) is 4.99 Å². The van der Waals surface area contributed by atoms with Gasteiger partial charge in [0, 0.05) is 12.4 Å². The Balaban J connectivity index is 2.50. The van der Waals surface area contributed by atoms with Crippen molar-refractivity contribution in [2.45, 2.75) is 19.8 Å². The molecule has 0 saturated heterocycles. The Morgan fingerprint density at radius 1 is 1.43 bits per heavy atom. The third-order valence-corrected chi connectivity index (χ3v) is 3.20. The van der Waals surface area contributed by atoms with Crippen LogP contribution in [0.5, 0.6) is 0 Å². The molecule has 0 fully saturated rings. The SMILES string of the molecule is CC1=C2C(Br)=NC(Br)=CN2C=CCC1. The Hall–Kier alpha value is -0.350. The van der Waals surface area contributed by atoms with Crippen molar-refractivity contribution in [1.29, 1.82) is 0 Å². The molecule has 0 radical (unpaired) electrons. The van der Waals surface area contributed by atoms with Crippen LogP contribution in [0.15, 0.2) is 39.3 Å². The van der Waals surface area contributed by atoms with Crippen molar-refractivity contribution in [3.05, 3.63) is 34.4 Å². The molecule has 0 spiro atoms. The van der Waals surface area contributed by atoms with Crippen LogP contribution in [0.1, 0.15) is 19.8 Å². The Labute approximate surface area is 100 Å². The van der Waals surface area contributed by atoms with E-state index >= 15 is 0 Å². The van der Waals surface area contributed by atoms with Crippen molar-refractivity contribution in [1.82, 2.24) is 4.90 Å². The van der Waals surface area contributed by atoms with Gasteiger partial charge < -0.3 is 4.90 Å². The molecule has 0 atom stereocenters. The summed E-state index contributed by atoms with van der Waals surface area (Å²) >= 11 is 6.87. The average molecular weight is 318 g/mol. The molecule has 2 aliphatic heterocycles. The second-order valence-electron chi connectivity index (χ2n) is 3.31. The van der Waals surface area contributed by atoms with E-state index in [1.54, 1.807) is 0 Å². The monoisotopic (exact) mass is 316 g/mol. The lowest BCUT2D eigenvalue weighted by Crippen LogP contribution is -2.18. The molecule has 14 heavy (non-hydrogen) atoms. The molecule has 2 aliphatic rings. The highest BCUT2D eigenvalue weighted by Crippen LogP contribution is 2.29. The van der Waals surface area contributed by atoms with Crippen LogP contribution in [0, 0.1) is 0 Å². The third kappa shape index (κ3) is 1.86. The summed E-state index contributed by atoms with van der Waals surface area (Å²) in [6.45, 7) is 2.15. The molecule has 0 unspecified atom stereocenters. The lowest BCUT2D eigenvalue weighted by molar-refractivity contribution is 0.648. The van der Waals surface area contributed by atoms with Crippen LogP contribution >= 0.6 is 31.9 Å². The summed E-state index contributed by atoms with van der Waals surface area (Å²) in [6, 6.07) is 0. The first-order chi connectivity index (χ1) is 6.68. The number of halogens is 2. The van der Waals surface area contributed by atoms with Gasteiger partial charge in [0.2, 0.25) is 0 Å². The summed E-state index contributed by atoms with van der Waals surface area (Å²) in [5.74, 6) is 0. The summed E-state index contributed by atoms with van der Waals surface area (Å²) in [6.07, 6.45) is 8.43. The van der Waals surface area contributed by atoms with Crippen LogP contribution in [-0.4, -0.2) is 9.52 Å². The van der Waals surface area contributed by atoms with Crippen molar-refractivity contribution in [2.24, 2.45) is 4.99 Å². The fourth-order valence-corrected chi connectivity index (χ4v) is 2.95. The summed E-state index contributed by atoms with van der Waals surface area (Å²) in [4.78, 5) is 6.44. The zero-order chi connectivity index (χ0) is 10.1. The Morgan fingerprint density at radius 2 is 2.21 bits per heavy atom. The highest BCUT2D eigenvalue weighted by Gasteiger charge is 2.19. The predicted octanol–water partition coefficient (Wildman–Crippen LogP) is 3.87. The van der Waals surface area contributed by atoms with Crippen LogP contribution in [0.4, 0.5) is 0 Å². The first-order valence-electron chi connectivity index (χ1n) is 4.45. The minimum atomic E-state index is 0.840. The Morgan fingerprint density at radius 3 is 3.00 bits per heavy atom. The van der Waals surface area contributed by atoms with Gasteiger partial charge in [-0.2, -0.15) is 0 Å². The highest BCUT2D eigenvalue weighted by atomic mass is 79.9. The largest absolute Gasteiger partial charge is 0.319 e. The molecule has 0 saturated carbocycles. The van der Waals surface area contributed by atoms with Gasteiger partial charge in [-0.05, 0) is 57.2 Å². The number of fused-ring (bicyclic) bond motifs is 1. The summed E-state index contributed by atoms with van der Waals surface area (Å²) in [7, 11) is 0. The summed E-state index contributed by atoms with van der Waals surface area (Å²) in [5, 5.41) is 0. The van der Waals surface area contributed by atoms with Gasteiger partial charge in [0.15, 0.2) is 0 Å². The maximum absolute atomic E-state index is 4.34. The molecule has 2 heterocycles. The minimum Gasteiger partial charge on any atom is -0.319 e. The van der Waals surface area contributed by atoms with E-state index in [0.29, 0.717) is 0 Å². The molecule has 2 nitrogen and oxygen atoms in total. The number of nitrogens with zero attached hydrogens (tertiary/aromatic N) is 2. The number of allylic oxidation sites excluding steroid dienone is 3. The fraction of sp³-hybridized carbons (Fsp3) is 0.300. The van der Waals surface area contributed by atoms with Crippen LogP contribution in [0.25, 0.3) is 0 Å². The van der Waals surface area contributed by atoms with Gasteiger partial charge in [-0.15, -0.1) is 0 Å². The van der Waals surface area contributed by atoms with E-state index in [9.17, 15) is 0 Å². The van der Waals surface area contributed by atoms with Crippen LogP contribution in [0.2, 0.25) is 0 Å². The van der Waals surface area contributed by atoms with E-state index in [1.165, 1.54) is 11.3 Å². The molecular weight excluding hydrogens is 308 g/mol. The molecule has 0 aromatic carbocycles. The number of hydrogen-bond acceptors (Lipinski definition) is 2. The first-order valence-corrected chi connectivity index (χ1v) is 6.03. The molecule has 0 bridgehead atoms. The molecule has 0 N–H and O–H groups in total. The van der Waals surface area contributed by atoms with Crippen LogP contribution in [0.3, 0.4) is 0 Å². The predicted molar refractivity (Wildman–Crippen MR) is 66.3 cm³/mol. The van der Waals surface area contributed by atoms with Crippen LogP contribution in [-0.2, 0) is 0 Å². The lowest BCUT2D eigenvalue weighted by Gasteiger charge is -2.23. The molecule has 2 rings (SSSR count). The number of aliphatic imine (C=N–C) groups is 1. The molecule has 0 amide bonds. The number of rotatable bonds is 0. The van der Waals surface area contributed by atoms with Gasteiger partial charge in [0.25, 0.3) is 0 Å². The van der Waals surface area contributed by atoms with Gasteiger partial charge in [-0.3, -0.25) is 0 Å². The minimum absolute atomic E-state index is 0.840. The van der Waals surface area contributed by atoms with Gasteiger partial charge in [-0.1, -0.05) is 6.08 Å². The zero-order valence-electron chi connectivity index (χ0n) is 7.80. The van der Waals surface area contributed by atoms with Gasteiger partial charge in [0.05, 0.1) is 5.70 Å². The normalized spacial score (nSPS) is 21.5. The molecule has 74 valence electrons. The first kappa shape index (κ1) is 10.2. The fourth-order valence-electron chi connectivity index (χ4n) is 1.58. The molecule has 0 aromatic rings. The van der Waals surface area contributed by atoms with Crippen molar-refractivity contribution in [3.63, 3.8) is 0 Å². The second kappa shape index (κ2) is 4.03. The molecule has 4 heteroatoms. The van der Waals surface area contributed by atoms with Gasteiger partial charge >= 0.3 is 0 Å². The van der Waals surface area contributed by atoms with Crippen molar-refractivity contribution < 1.29 is 0 Å². The zero-order valence-corrected chi connectivity index (χ0v) is 11.0. The average Bonchev–Trinajstić information content (AvgIpc) is 2.27. The third-order valence-electron chi connectivity index (χ3n) is 2.26. The van der Waals surface area contributed by atoms with Gasteiger partial charge in [0.1, 0.15) is 9.23 Å². The molecule has 0 aliphatic carbocycles. The van der Waals surface area contributed by atoms with E-state index in [4.69, 9.17) is 0 Å². The smallest absolute Gasteiger partial charge is 0.131 e. The van der Waals surface area contributed by atoms with Crippen LogP contribution < -0.4 is 0 Å². The Bertz CT molecular complexity index is 378. The lowest BCUT2D eigenvalue weighted by atomic mass is 10.1. The van der Waals surface area contributed by atoms with E-state index in [0.717, 1.165) is 22.1 Å². The maximum atomic E-state index is 4.34. The van der Waals surface area contributed by atoms with Crippen molar-refractivity contribution in [3.8, 4) is 0 Å². The standard InChI is InChI=1S/C10H10Br2N2/c1-7-4-2-3-5-14-6-8(11)13-10(12)9(7)14/h3,5-6H,2,4H2,1H3. The van der Waals surface area contributed by atoms with E-state index in [1.807, 2.05) is 6.20 Å². The van der Waals surface area contributed by atoms with E-state index < -0.39 is 0 Å². The summed E-state index contributed by atoms with van der Waals surface area (Å²) < 4.78 is 1.74. The Kier molecular flexibility index (Phi) is 2.93. The highest BCUT2D eigenvalue weighted by molar-refractivity contribution is 9.18. The molecular formula is C10H10Br2N2. The topological polar surface area (TPSA) is 15.6 Å². The van der Waals surface area contributed by atoms with Crippen molar-refractivity contribution >= 4 is 36.5 Å². The second-order valence-corrected chi connectivity index (χ2v) is 4.88. The van der Waals surface area contributed by atoms with Crippen molar-refractivity contribution in [2.75, 3.05) is 0 Å². The molecule has 0 aromatic heterocycles. The number of hydrogen-bond donors (Lipinski definition) is 0. The van der Waals surface area contributed by atoms with E-state index in [2.05, 4.69) is 61.0 Å².